The first-order valence-electron chi connectivity index (χ1n) is 9.67. The highest BCUT2D eigenvalue weighted by Gasteiger charge is 2.27. The van der Waals surface area contributed by atoms with Crippen LogP contribution in [0.5, 0.6) is 0 Å². The molecule has 0 atom stereocenters. The monoisotopic (exact) mass is 434 g/mol. The third-order valence-corrected chi connectivity index (χ3v) is 4.91. The van der Waals surface area contributed by atoms with Crippen molar-refractivity contribution >= 4 is 29.2 Å². The van der Waals surface area contributed by atoms with Crippen molar-refractivity contribution in [3.05, 3.63) is 59.9 Å². The highest BCUT2D eigenvalue weighted by Crippen LogP contribution is 2.20. The molecule has 1 saturated heterocycles. The smallest absolute Gasteiger partial charge is 0.321 e. The Morgan fingerprint density at radius 1 is 0.903 bits per heavy atom. The Balaban J connectivity index is 1.42. The molecular formula is C21H21F3N4O3. The van der Waals surface area contributed by atoms with Crippen LogP contribution >= 0.6 is 0 Å². The summed E-state index contributed by atoms with van der Waals surface area (Å²) >= 11 is 0. The average molecular weight is 434 g/mol. The Hall–Kier alpha value is -3.56. The number of rotatable bonds is 5. The van der Waals surface area contributed by atoms with Crippen LogP contribution in [0.25, 0.3) is 0 Å². The van der Waals surface area contributed by atoms with Gasteiger partial charge in [-0.3, -0.25) is 9.59 Å². The van der Waals surface area contributed by atoms with Gasteiger partial charge < -0.3 is 20.9 Å². The number of nitrogens with one attached hydrogen (secondary N) is 3. The molecule has 2 aromatic rings. The van der Waals surface area contributed by atoms with Gasteiger partial charge in [-0.25, -0.2) is 18.0 Å². The lowest BCUT2D eigenvalue weighted by molar-refractivity contribution is -0.128. The van der Waals surface area contributed by atoms with E-state index in [9.17, 15) is 27.6 Å². The van der Waals surface area contributed by atoms with Crippen molar-refractivity contribution in [3.8, 4) is 0 Å². The summed E-state index contributed by atoms with van der Waals surface area (Å²) in [6.45, 7) is 0.304. The third kappa shape index (κ3) is 5.74. The fourth-order valence-electron chi connectivity index (χ4n) is 3.20. The zero-order chi connectivity index (χ0) is 22.4. The van der Waals surface area contributed by atoms with Crippen molar-refractivity contribution in [1.29, 1.82) is 0 Å². The standard InChI is InChI=1S/C21H21F3N4O3/c22-15-6-7-16(19(24)18(15)23)27-17(29)12-25-20(30)13-8-10-28(11-9-13)21(31)26-14-4-2-1-3-5-14/h1-7,13H,8-12H2,(H,25,30)(H,26,31)(H,27,29). The Kier molecular flexibility index (Phi) is 7.11. The number of amides is 4. The van der Waals surface area contributed by atoms with Gasteiger partial charge in [0.1, 0.15) is 0 Å². The molecule has 0 aromatic heterocycles. The van der Waals surface area contributed by atoms with E-state index >= 15 is 0 Å². The van der Waals surface area contributed by atoms with Crippen molar-refractivity contribution in [2.45, 2.75) is 12.8 Å². The van der Waals surface area contributed by atoms with Crippen LogP contribution in [0.15, 0.2) is 42.5 Å². The van der Waals surface area contributed by atoms with Crippen molar-refractivity contribution in [3.63, 3.8) is 0 Å². The van der Waals surface area contributed by atoms with Gasteiger partial charge in [-0.1, -0.05) is 18.2 Å². The predicted octanol–water partition coefficient (Wildman–Crippen LogP) is 3.10. The highest BCUT2D eigenvalue weighted by atomic mass is 19.2. The normalized spacial score (nSPS) is 14.1. The Labute approximate surface area is 176 Å². The number of carbonyl (C=O) groups excluding carboxylic acids is 3. The predicted molar refractivity (Wildman–Crippen MR) is 108 cm³/mol. The van der Waals surface area contributed by atoms with Crippen LogP contribution in [0.2, 0.25) is 0 Å². The van der Waals surface area contributed by atoms with E-state index < -0.39 is 35.6 Å². The first kappa shape index (κ1) is 22.1. The molecular weight excluding hydrogens is 413 g/mol. The largest absolute Gasteiger partial charge is 0.347 e. The molecule has 1 aliphatic rings. The summed E-state index contributed by atoms with van der Waals surface area (Å²) < 4.78 is 39.7. The van der Waals surface area contributed by atoms with Crippen LogP contribution in [-0.4, -0.2) is 42.4 Å². The van der Waals surface area contributed by atoms with E-state index in [0.29, 0.717) is 37.7 Å². The van der Waals surface area contributed by atoms with E-state index in [-0.39, 0.29) is 17.9 Å². The Morgan fingerprint density at radius 3 is 2.26 bits per heavy atom. The first-order valence-corrected chi connectivity index (χ1v) is 9.67. The van der Waals surface area contributed by atoms with Gasteiger partial charge in [0.15, 0.2) is 17.5 Å². The number of nitrogens with zero attached hydrogens (tertiary/aromatic N) is 1. The molecule has 3 N–H and O–H groups in total. The Bertz CT molecular complexity index is 964. The molecule has 1 fully saturated rings. The van der Waals surface area contributed by atoms with Crippen LogP contribution in [-0.2, 0) is 9.59 Å². The SMILES string of the molecule is O=C(CNC(=O)C1CCN(C(=O)Nc2ccccc2)CC1)Nc1ccc(F)c(F)c1F. The van der Waals surface area contributed by atoms with Gasteiger partial charge >= 0.3 is 6.03 Å². The van der Waals surface area contributed by atoms with E-state index in [1.165, 1.54) is 0 Å². The van der Waals surface area contributed by atoms with Gasteiger partial charge in [0, 0.05) is 24.7 Å². The number of likely N-dealkylation sites (tertiary alicyclic amines) is 1. The van der Waals surface area contributed by atoms with Crippen LogP contribution in [0.4, 0.5) is 29.3 Å². The van der Waals surface area contributed by atoms with E-state index in [0.717, 1.165) is 6.07 Å². The molecule has 2 aromatic carbocycles. The second kappa shape index (κ2) is 9.96. The van der Waals surface area contributed by atoms with Crippen LogP contribution < -0.4 is 16.0 Å². The molecule has 0 saturated carbocycles. The van der Waals surface area contributed by atoms with E-state index in [4.69, 9.17) is 0 Å². The second-order valence-electron chi connectivity index (χ2n) is 7.05. The minimum atomic E-state index is -1.69. The average Bonchev–Trinajstić information content (AvgIpc) is 2.78. The van der Waals surface area contributed by atoms with E-state index in [1.54, 1.807) is 17.0 Å². The fourth-order valence-corrected chi connectivity index (χ4v) is 3.20. The van der Waals surface area contributed by atoms with Crippen molar-refractivity contribution in [1.82, 2.24) is 10.2 Å². The molecule has 164 valence electrons. The molecule has 0 aliphatic carbocycles. The lowest BCUT2D eigenvalue weighted by Crippen LogP contribution is -2.45. The summed E-state index contributed by atoms with van der Waals surface area (Å²) in [4.78, 5) is 38.1. The van der Waals surface area contributed by atoms with Gasteiger partial charge in [-0.2, -0.15) is 0 Å². The number of halogens is 3. The Morgan fingerprint density at radius 2 is 1.58 bits per heavy atom. The molecule has 4 amide bonds. The number of hydrogen-bond donors (Lipinski definition) is 3. The van der Waals surface area contributed by atoms with E-state index in [2.05, 4.69) is 16.0 Å². The van der Waals surface area contributed by atoms with Crippen LogP contribution in [0.3, 0.4) is 0 Å². The zero-order valence-electron chi connectivity index (χ0n) is 16.5. The number of carbonyl (C=O) groups is 3. The molecule has 3 rings (SSSR count). The number of para-hydroxylation sites is 1. The summed E-state index contributed by atoms with van der Waals surface area (Å²) in [6, 6.07) is 10.3. The molecule has 1 heterocycles. The number of piperidine rings is 1. The fraction of sp³-hybridized carbons (Fsp3) is 0.286. The number of hydrogen-bond acceptors (Lipinski definition) is 3. The van der Waals surface area contributed by atoms with E-state index in [1.807, 2.05) is 18.2 Å². The lowest BCUT2D eigenvalue weighted by atomic mass is 9.96. The number of urea groups is 1. The molecule has 0 spiro atoms. The second-order valence-corrected chi connectivity index (χ2v) is 7.05. The summed E-state index contributed by atoms with van der Waals surface area (Å²) in [6.07, 6.45) is 0.848. The molecule has 0 unspecified atom stereocenters. The third-order valence-electron chi connectivity index (χ3n) is 4.91. The molecule has 1 aliphatic heterocycles. The molecule has 10 heteroatoms. The summed E-state index contributed by atoms with van der Waals surface area (Å²) in [5, 5.41) is 7.31. The van der Waals surface area contributed by atoms with Gasteiger partial charge in [-0.05, 0) is 37.1 Å². The van der Waals surface area contributed by atoms with Gasteiger partial charge in [0.25, 0.3) is 0 Å². The van der Waals surface area contributed by atoms with Crippen molar-refractivity contribution in [2.24, 2.45) is 5.92 Å². The first-order chi connectivity index (χ1) is 14.8. The number of anilines is 2. The quantitative estimate of drug-likeness (QED) is 0.632. The van der Waals surface area contributed by atoms with Crippen LogP contribution in [0.1, 0.15) is 12.8 Å². The van der Waals surface area contributed by atoms with Crippen LogP contribution in [0, 0.1) is 23.4 Å². The maximum atomic E-state index is 13.6. The molecule has 0 bridgehead atoms. The maximum Gasteiger partial charge on any atom is 0.321 e. The molecule has 31 heavy (non-hydrogen) atoms. The van der Waals surface area contributed by atoms with Gasteiger partial charge in [-0.15, -0.1) is 0 Å². The summed E-state index contributed by atoms with van der Waals surface area (Å²) in [7, 11) is 0. The van der Waals surface area contributed by atoms with Gasteiger partial charge in [0.2, 0.25) is 11.8 Å². The van der Waals surface area contributed by atoms with Crippen molar-refractivity contribution < 1.29 is 27.6 Å². The number of benzene rings is 2. The molecule has 0 radical (unpaired) electrons. The zero-order valence-corrected chi connectivity index (χ0v) is 16.5. The lowest BCUT2D eigenvalue weighted by Gasteiger charge is -2.31. The highest BCUT2D eigenvalue weighted by molar-refractivity contribution is 5.95. The maximum absolute atomic E-state index is 13.6. The van der Waals surface area contributed by atoms with Gasteiger partial charge in [0.05, 0.1) is 12.2 Å². The minimum Gasteiger partial charge on any atom is -0.347 e. The molecule has 7 nitrogen and oxygen atoms in total. The minimum absolute atomic E-state index is 0.252. The summed E-state index contributed by atoms with van der Waals surface area (Å²) in [5.41, 5.74) is 0.159. The van der Waals surface area contributed by atoms with Crippen molar-refractivity contribution in [2.75, 3.05) is 30.3 Å². The topological polar surface area (TPSA) is 90.5 Å². The summed E-state index contributed by atoms with van der Waals surface area (Å²) in [5.74, 6) is -6.10.